The lowest BCUT2D eigenvalue weighted by atomic mass is 10.1. The van der Waals surface area contributed by atoms with E-state index in [0.717, 1.165) is 12.1 Å². The summed E-state index contributed by atoms with van der Waals surface area (Å²) in [5.74, 6) is -0.360. The normalized spacial score (nSPS) is 13.9. The Morgan fingerprint density at radius 2 is 1.75 bits per heavy atom. The molecule has 0 aliphatic heterocycles. The van der Waals surface area contributed by atoms with Gasteiger partial charge in [0, 0.05) is 18.3 Å². The second-order valence-corrected chi connectivity index (χ2v) is 5.73. The van der Waals surface area contributed by atoms with E-state index in [4.69, 9.17) is 0 Å². The summed E-state index contributed by atoms with van der Waals surface area (Å²) < 4.78 is 78.3. The predicted octanol–water partition coefficient (Wildman–Crippen LogP) is 4.36. The smallest absolute Gasteiger partial charge is 0.406 e. The third kappa shape index (κ3) is 7.29. The van der Waals surface area contributed by atoms with Crippen LogP contribution in [0.3, 0.4) is 0 Å². The molecule has 0 amide bonds. The lowest BCUT2D eigenvalue weighted by Gasteiger charge is -2.29. The maximum atomic E-state index is 12.6. The van der Waals surface area contributed by atoms with Gasteiger partial charge in [0.05, 0.1) is 6.54 Å². The summed E-state index contributed by atoms with van der Waals surface area (Å²) in [6, 6.07) is 4.67. The third-order valence-corrected chi connectivity index (χ3v) is 3.16. The summed E-state index contributed by atoms with van der Waals surface area (Å²) in [6.45, 7) is 3.11. The van der Waals surface area contributed by atoms with Gasteiger partial charge in [0.2, 0.25) is 0 Å². The Balaban J connectivity index is 2.99. The molecule has 1 N–H and O–H groups in total. The third-order valence-electron chi connectivity index (χ3n) is 3.16. The fourth-order valence-corrected chi connectivity index (χ4v) is 1.93. The minimum Gasteiger partial charge on any atom is -0.406 e. The Morgan fingerprint density at radius 3 is 2.25 bits per heavy atom. The number of anilines is 1. The average molecular weight is 359 g/mol. The predicted molar refractivity (Wildman–Crippen MR) is 76.9 cm³/mol. The summed E-state index contributed by atoms with van der Waals surface area (Å²) in [7, 11) is 0. The molecule has 0 bridgehead atoms. The molecule has 0 spiro atoms. The highest BCUT2D eigenvalue weighted by molar-refractivity contribution is 5.51. The van der Waals surface area contributed by atoms with Crippen molar-refractivity contribution >= 4 is 5.69 Å². The summed E-state index contributed by atoms with van der Waals surface area (Å²) >= 11 is 0. The molecule has 0 saturated heterocycles. The van der Waals surface area contributed by atoms with Gasteiger partial charge in [0.1, 0.15) is 5.75 Å². The van der Waals surface area contributed by atoms with Crippen LogP contribution >= 0.6 is 0 Å². The number of hydrogen-bond donors (Lipinski definition) is 1. The Morgan fingerprint density at radius 1 is 1.12 bits per heavy atom. The van der Waals surface area contributed by atoms with E-state index >= 15 is 0 Å². The molecule has 3 nitrogen and oxygen atoms in total. The van der Waals surface area contributed by atoms with Crippen molar-refractivity contribution in [2.45, 2.75) is 38.9 Å². The first kappa shape index (κ1) is 20.4. The molecule has 0 heterocycles. The summed E-state index contributed by atoms with van der Waals surface area (Å²) in [5, 5.41) is 9.26. The number of halogens is 6. The van der Waals surface area contributed by atoms with Gasteiger partial charge in [-0.25, -0.2) is 0 Å². The van der Waals surface area contributed by atoms with Crippen LogP contribution in [0.4, 0.5) is 32.0 Å². The SMILES string of the molecule is CC(C)CCN(CC(O)C(F)(F)F)c1cccc(OC(F)(F)F)c1. The lowest BCUT2D eigenvalue weighted by molar-refractivity contribution is -0.274. The quantitative estimate of drug-likeness (QED) is 0.735. The van der Waals surface area contributed by atoms with Crippen LogP contribution in [0.15, 0.2) is 24.3 Å². The van der Waals surface area contributed by atoms with Gasteiger partial charge in [0.25, 0.3) is 0 Å². The topological polar surface area (TPSA) is 32.7 Å². The van der Waals surface area contributed by atoms with E-state index in [0.29, 0.717) is 6.42 Å². The van der Waals surface area contributed by atoms with Crippen molar-refractivity contribution in [3.63, 3.8) is 0 Å². The second-order valence-electron chi connectivity index (χ2n) is 5.73. The van der Waals surface area contributed by atoms with Crippen molar-refractivity contribution in [1.29, 1.82) is 0 Å². The number of hydrogen-bond acceptors (Lipinski definition) is 3. The largest absolute Gasteiger partial charge is 0.573 e. The first-order chi connectivity index (χ1) is 10.9. The number of alkyl halides is 6. The molecule has 1 rings (SSSR count). The molecule has 0 aliphatic rings. The van der Waals surface area contributed by atoms with Gasteiger partial charge in [-0.15, -0.1) is 13.2 Å². The summed E-state index contributed by atoms with van der Waals surface area (Å²) in [5.41, 5.74) is 0.112. The Hall–Kier alpha value is -1.64. The van der Waals surface area contributed by atoms with Crippen molar-refractivity contribution in [3.8, 4) is 5.75 Å². The monoisotopic (exact) mass is 359 g/mol. The second kappa shape index (κ2) is 7.96. The fourth-order valence-electron chi connectivity index (χ4n) is 1.93. The van der Waals surface area contributed by atoms with Gasteiger partial charge < -0.3 is 14.7 Å². The zero-order chi connectivity index (χ0) is 18.5. The van der Waals surface area contributed by atoms with E-state index in [1.807, 2.05) is 13.8 Å². The molecule has 24 heavy (non-hydrogen) atoms. The summed E-state index contributed by atoms with van der Waals surface area (Å²) in [6.07, 6.45) is -11.8. The number of ether oxygens (including phenoxy) is 1. The van der Waals surface area contributed by atoms with Crippen LogP contribution < -0.4 is 9.64 Å². The molecule has 0 fully saturated rings. The standard InChI is InChI=1S/C15H19F6NO2/c1-10(2)6-7-22(9-13(23)14(16,17)18)11-4-3-5-12(8-11)24-15(19,20)21/h3-5,8,10,13,23H,6-7,9H2,1-2H3. The van der Waals surface area contributed by atoms with Gasteiger partial charge in [-0.2, -0.15) is 13.2 Å². The van der Waals surface area contributed by atoms with Gasteiger partial charge in [-0.05, 0) is 24.5 Å². The van der Waals surface area contributed by atoms with Crippen LogP contribution in [0.1, 0.15) is 20.3 Å². The highest BCUT2D eigenvalue weighted by atomic mass is 19.4. The molecular weight excluding hydrogens is 340 g/mol. The van der Waals surface area contributed by atoms with Crippen LogP contribution in [-0.2, 0) is 0 Å². The highest BCUT2D eigenvalue weighted by Gasteiger charge is 2.39. The van der Waals surface area contributed by atoms with Gasteiger partial charge in [0.15, 0.2) is 6.10 Å². The van der Waals surface area contributed by atoms with Crippen molar-refractivity contribution in [1.82, 2.24) is 0 Å². The van der Waals surface area contributed by atoms with Crippen molar-refractivity contribution in [2.75, 3.05) is 18.0 Å². The Labute approximate surface area is 135 Å². The number of nitrogens with zero attached hydrogens (tertiary/aromatic N) is 1. The van der Waals surface area contributed by atoms with Gasteiger partial charge in [-0.1, -0.05) is 19.9 Å². The highest BCUT2D eigenvalue weighted by Crippen LogP contribution is 2.29. The van der Waals surface area contributed by atoms with E-state index in [-0.39, 0.29) is 18.2 Å². The van der Waals surface area contributed by atoms with Crippen molar-refractivity contribution in [3.05, 3.63) is 24.3 Å². The average Bonchev–Trinajstić information content (AvgIpc) is 2.40. The number of rotatable bonds is 7. The van der Waals surface area contributed by atoms with Crippen LogP contribution in [0, 0.1) is 5.92 Å². The molecule has 9 heteroatoms. The van der Waals surface area contributed by atoms with Crippen molar-refractivity contribution < 1.29 is 36.2 Å². The Bertz CT molecular complexity index is 515. The minimum atomic E-state index is -4.90. The molecule has 1 unspecified atom stereocenters. The minimum absolute atomic E-state index is 0.112. The molecule has 1 atom stereocenters. The number of aliphatic hydroxyl groups is 1. The zero-order valence-corrected chi connectivity index (χ0v) is 13.2. The van der Waals surface area contributed by atoms with Crippen molar-refractivity contribution in [2.24, 2.45) is 5.92 Å². The Kier molecular flexibility index (Phi) is 6.76. The van der Waals surface area contributed by atoms with E-state index < -0.39 is 30.9 Å². The zero-order valence-electron chi connectivity index (χ0n) is 13.2. The molecule has 0 radical (unpaired) electrons. The fraction of sp³-hybridized carbons (Fsp3) is 0.600. The molecule has 138 valence electrons. The number of aliphatic hydroxyl groups excluding tert-OH is 1. The first-order valence-electron chi connectivity index (χ1n) is 7.24. The van der Waals surface area contributed by atoms with Crippen LogP contribution in [-0.4, -0.2) is 36.8 Å². The molecule has 0 saturated carbocycles. The van der Waals surface area contributed by atoms with Gasteiger partial charge >= 0.3 is 12.5 Å². The maximum Gasteiger partial charge on any atom is 0.573 e. The van der Waals surface area contributed by atoms with Crippen LogP contribution in [0.5, 0.6) is 5.75 Å². The molecule has 1 aromatic rings. The van der Waals surface area contributed by atoms with E-state index in [2.05, 4.69) is 4.74 Å². The van der Waals surface area contributed by atoms with E-state index in [1.165, 1.54) is 17.0 Å². The first-order valence-corrected chi connectivity index (χ1v) is 7.24. The molecule has 0 aromatic heterocycles. The van der Waals surface area contributed by atoms with E-state index in [9.17, 15) is 31.4 Å². The van der Waals surface area contributed by atoms with Crippen LogP contribution in [0.25, 0.3) is 0 Å². The van der Waals surface area contributed by atoms with Crippen LogP contribution in [0.2, 0.25) is 0 Å². The molecule has 1 aromatic carbocycles. The molecular formula is C15H19F6NO2. The summed E-state index contributed by atoms with van der Waals surface area (Å²) in [4.78, 5) is 1.20. The molecule has 0 aliphatic carbocycles. The maximum absolute atomic E-state index is 12.6. The van der Waals surface area contributed by atoms with E-state index in [1.54, 1.807) is 0 Å². The van der Waals surface area contributed by atoms with Gasteiger partial charge in [-0.3, -0.25) is 0 Å². The lowest BCUT2D eigenvalue weighted by Crippen LogP contribution is -2.41. The number of benzene rings is 1.